The molecule has 3 aromatic heterocycles. The predicted molar refractivity (Wildman–Crippen MR) is 94.0 cm³/mol. The number of aryl methyl sites for hydroxylation is 1. The van der Waals surface area contributed by atoms with Gasteiger partial charge < -0.3 is 10.3 Å². The second-order valence-corrected chi connectivity index (χ2v) is 5.91. The summed E-state index contributed by atoms with van der Waals surface area (Å²) in [6.07, 6.45) is 9.17. The zero-order chi connectivity index (χ0) is 16.5. The highest BCUT2D eigenvalue weighted by molar-refractivity contribution is 6.35. The number of anilines is 1. The van der Waals surface area contributed by atoms with E-state index < -0.39 is 0 Å². The Labute approximate surface area is 143 Å². The third-order valence-corrected chi connectivity index (χ3v) is 4.21. The van der Waals surface area contributed by atoms with Crippen molar-refractivity contribution in [1.29, 1.82) is 0 Å². The molecule has 0 radical (unpaired) electrons. The molecule has 1 atom stereocenters. The molecule has 6 nitrogen and oxygen atoms in total. The van der Waals surface area contributed by atoms with Crippen molar-refractivity contribution in [3.8, 4) is 0 Å². The van der Waals surface area contributed by atoms with Crippen molar-refractivity contribution in [2.75, 3.05) is 5.32 Å². The molecule has 2 N–H and O–H groups in total. The van der Waals surface area contributed by atoms with Gasteiger partial charge in [0.25, 0.3) is 0 Å². The van der Waals surface area contributed by atoms with Crippen LogP contribution in [0.5, 0.6) is 0 Å². The van der Waals surface area contributed by atoms with Crippen LogP contribution in [0.1, 0.15) is 17.2 Å². The van der Waals surface area contributed by atoms with Gasteiger partial charge in [0.15, 0.2) is 0 Å². The van der Waals surface area contributed by atoms with E-state index in [9.17, 15) is 0 Å². The molecular weight excluding hydrogens is 324 g/mol. The molecule has 4 rings (SSSR count). The Hall–Kier alpha value is -2.86. The van der Waals surface area contributed by atoms with Crippen molar-refractivity contribution in [3.05, 3.63) is 71.4 Å². The Kier molecular flexibility index (Phi) is 3.66. The normalized spacial score (nSPS) is 12.4. The summed E-state index contributed by atoms with van der Waals surface area (Å²) in [4.78, 5) is 11.8. The molecule has 120 valence electrons. The minimum absolute atomic E-state index is 0.172. The number of halogens is 1. The average Bonchev–Trinajstić information content (AvgIpc) is 3.21. The Morgan fingerprint density at radius 2 is 2.04 bits per heavy atom. The van der Waals surface area contributed by atoms with Crippen LogP contribution in [0.2, 0.25) is 5.02 Å². The quantitative estimate of drug-likeness (QED) is 0.597. The lowest BCUT2D eigenvalue weighted by atomic mass is 10.0. The fourth-order valence-corrected chi connectivity index (χ4v) is 3.11. The first kappa shape index (κ1) is 14.7. The highest BCUT2D eigenvalue weighted by Crippen LogP contribution is 2.34. The molecule has 1 unspecified atom stereocenters. The zero-order valence-corrected chi connectivity index (χ0v) is 13.7. The smallest absolute Gasteiger partial charge is 0.223 e. The van der Waals surface area contributed by atoms with Crippen LogP contribution in [-0.4, -0.2) is 24.7 Å². The second kappa shape index (κ2) is 5.98. The van der Waals surface area contributed by atoms with E-state index in [1.54, 1.807) is 23.1 Å². The number of fused-ring (bicyclic) bond motifs is 1. The number of aromatic amines is 1. The van der Waals surface area contributed by atoms with Crippen molar-refractivity contribution >= 4 is 28.5 Å². The van der Waals surface area contributed by atoms with E-state index in [2.05, 4.69) is 25.4 Å². The molecule has 0 aliphatic heterocycles. The van der Waals surface area contributed by atoms with E-state index in [1.807, 2.05) is 43.8 Å². The van der Waals surface area contributed by atoms with Gasteiger partial charge in [-0.2, -0.15) is 5.10 Å². The molecule has 0 fully saturated rings. The summed E-state index contributed by atoms with van der Waals surface area (Å²) < 4.78 is 1.77. The molecule has 0 amide bonds. The Morgan fingerprint density at radius 3 is 2.79 bits per heavy atom. The first-order chi connectivity index (χ1) is 11.7. The molecule has 0 saturated carbocycles. The molecule has 0 aliphatic rings. The zero-order valence-electron chi connectivity index (χ0n) is 12.9. The van der Waals surface area contributed by atoms with Crippen molar-refractivity contribution < 1.29 is 0 Å². The van der Waals surface area contributed by atoms with E-state index in [4.69, 9.17) is 11.6 Å². The number of aromatic nitrogens is 5. The fraction of sp³-hybridized carbons (Fsp3) is 0.118. The standard InChI is InChI=1S/C17H15ClN6/c1-24-10-11(8-22-24)16(23-17-19-6-3-7-20-17)12-9-21-14-5-2-4-13(18)15(12)14/h2-10,16,21H,1H3,(H,19,20,23). The summed E-state index contributed by atoms with van der Waals surface area (Å²) in [6.45, 7) is 0. The van der Waals surface area contributed by atoms with Crippen LogP contribution < -0.4 is 5.32 Å². The summed E-state index contributed by atoms with van der Waals surface area (Å²) in [7, 11) is 1.89. The van der Waals surface area contributed by atoms with Gasteiger partial charge in [0.1, 0.15) is 0 Å². The first-order valence-electron chi connectivity index (χ1n) is 7.50. The lowest BCUT2D eigenvalue weighted by molar-refractivity contribution is 0.766. The maximum atomic E-state index is 6.44. The number of H-pyrrole nitrogens is 1. The minimum atomic E-state index is -0.172. The molecule has 0 spiro atoms. The average molecular weight is 339 g/mol. The molecule has 1 aromatic carbocycles. The Morgan fingerprint density at radius 1 is 1.21 bits per heavy atom. The van der Waals surface area contributed by atoms with Crippen LogP contribution in [0.3, 0.4) is 0 Å². The van der Waals surface area contributed by atoms with E-state index in [0.717, 1.165) is 22.0 Å². The minimum Gasteiger partial charge on any atom is -0.361 e. The monoisotopic (exact) mass is 338 g/mol. The van der Waals surface area contributed by atoms with Gasteiger partial charge in [-0.15, -0.1) is 0 Å². The molecule has 0 bridgehead atoms. The number of hydrogen-bond donors (Lipinski definition) is 2. The van der Waals surface area contributed by atoms with Gasteiger partial charge in [-0.1, -0.05) is 17.7 Å². The number of hydrogen-bond acceptors (Lipinski definition) is 4. The highest BCUT2D eigenvalue weighted by atomic mass is 35.5. The molecule has 24 heavy (non-hydrogen) atoms. The molecule has 0 aliphatic carbocycles. The van der Waals surface area contributed by atoms with Crippen LogP contribution in [0, 0.1) is 0 Å². The topological polar surface area (TPSA) is 71.4 Å². The van der Waals surface area contributed by atoms with Gasteiger partial charge in [0.2, 0.25) is 5.95 Å². The third kappa shape index (κ3) is 2.61. The Balaban J connectivity index is 1.85. The van der Waals surface area contributed by atoms with E-state index in [1.165, 1.54) is 0 Å². The van der Waals surface area contributed by atoms with Crippen molar-refractivity contribution in [2.24, 2.45) is 7.05 Å². The summed E-state index contributed by atoms with van der Waals surface area (Å²) in [5, 5.41) is 9.35. The second-order valence-electron chi connectivity index (χ2n) is 5.50. The van der Waals surface area contributed by atoms with Gasteiger partial charge in [0.05, 0.1) is 17.3 Å². The van der Waals surface area contributed by atoms with E-state index in [0.29, 0.717) is 11.0 Å². The number of benzene rings is 1. The number of nitrogens with one attached hydrogen (secondary N) is 2. The molecule has 3 heterocycles. The molecule has 7 heteroatoms. The molecule has 4 aromatic rings. The first-order valence-corrected chi connectivity index (χ1v) is 7.88. The Bertz CT molecular complexity index is 975. The summed E-state index contributed by atoms with van der Waals surface area (Å²) in [6, 6.07) is 7.43. The van der Waals surface area contributed by atoms with E-state index >= 15 is 0 Å². The molecular formula is C17H15ClN6. The summed E-state index contributed by atoms with van der Waals surface area (Å²) >= 11 is 6.44. The van der Waals surface area contributed by atoms with Crippen LogP contribution in [0.25, 0.3) is 10.9 Å². The third-order valence-electron chi connectivity index (χ3n) is 3.89. The lowest BCUT2D eigenvalue weighted by Gasteiger charge is -2.17. The van der Waals surface area contributed by atoms with Gasteiger partial charge >= 0.3 is 0 Å². The molecule has 0 saturated heterocycles. The van der Waals surface area contributed by atoms with Gasteiger partial charge in [-0.05, 0) is 18.2 Å². The summed E-state index contributed by atoms with van der Waals surface area (Å²) in [5.41, 5.74) is 3.02. The maximum absolute atomic E-state index is 6.44. The van der Waals surface area contributed by atoms with Crippen LogP contribution in [0.4, 0.5) is 5.95 Å². The number of rotatable bonds is 4. The largest absolute Gasteiger partial charge is 0.361 e. The number of nitrogens with zero attached hydrogens (tertiary/aromatic N) is 4. The van der Waals surface area contributed by atoms with Gasteiger partial charge in [-0.3, -0.25) is 4.68 Å². The SMILES string of the molecule is Cn1cc(C(Nc2ncccn2)c2c[nH]c3cccc(Cl)c23)cn1. The highest BCUT2D eigenvalue weighted by Gasteiger charge is 2.21. The summed E-state index contributed by atoms with van der Waals surface area (Å²) in [5.74, 6) is 0.549. The van der Waals surface area contributed by atoms with Crippen molar-refractivity contribution in [3.63, 3.8) is 0 Å². The van der Waals surface area contributed by atoms with Crippen LogP contribution in [0.15, 0.2) is 55.2 Å². The lowest BCUT2D eigenvalue weighted by Crippen LogP contribution is -2.13. The van der Waals surface area contributed by atoms with Crippen LogP contribution in [-0.2, 0) is 7.05 Å². The van der Waals surface area contributed by atoms with E-state index in [-0.39, 0.29) is 6.04 Å². The fourth-order valence-electron chi connectivity index (χ4n) is 2.83. The van der Waals surface area contributed by atoms with Gasteiger partial charge in [-0.25, -0.2) is 9.97 Å². The van der Waals surface area contributed by atoms with Crippen LogP contribution >= 0.6 is 11.6 Å². The van der Waals surface area contributed by atoms with Gasteiger partial charge in [0, 0.05) is 53.9 Å². The van der Waals surface area contributed by atoms with Crippen molar-refractivity contribution in [2.45, 2.75) is 6.04 Å². The van der Waals surface area contributed by atoms with Crippen molar-refractivity contribution in [1.82, 2.24) is 24.7 Å². The maximum Gasteiger partial charge on any atom is 0.223 e. The predicted octanol–water partition coefficient (Wildman–Crippen LogP) is 3.55.